The third kappa shape index (κ3) is 2.74. The molecule has 4 nitrogen and oxygen atoms in total. The van der Waals surface area contributed by atoms with Gasteiger partial charge in [0.25, 0.3) is 0 Å². The summed E-state index contributed by atoms with van der Waals surface area (Å²) in [7, 11) is 1.42. The van der Waals surface area contributed by atoms with Crippen molar-refractivity contribution >= 4 is 5.97 Å². The molecule has 0 aliphatic heterocycles. The molecule has 1 heterocycles. The van der Waals surface area contributed by atoms with Crippen molar-refractivity contribution in [2.75, 3.05) is 7.11 Å². The molecule has 2 aromatic rings. The van der Waals surface area contributed by atoms with Crippen LogP contribution in [0, 0.1) is 20.8 Å². The molecular formula is C16H20N2O2. The molecule has 1 unspecified atom stereocenters. The first-order chi connectivity index (χ1) is 9.54. The van der Waals surface area contributed by atoms with Crippen molar-refractivity contribution in [3.05, 3.63) is 52.8 Å². The molecule has 1 aromatic carbocycles. The number of benzene rings is 1. The lowest BCUT2D eigenvalue weighted by Crippen LogP contribution is -2.21. The highest BCUT2D eigenvalue weighted by molar-refractivity contribution is 5.77. The van der Waals surface area contributed by atoms with Gasteiger partial charge in [0.05, 0.1) is 19.3 Å². The van der Waals surface area contributed by atoms with Gasteiger partial charge in [0.15, 0.2) is 0 Å². The van der Waals surface area contributed by atoms with Gasteiger partial charge in [0.2, 0.25) is 0 Å². The quantitative estimate of drug-likeness (QED) is 0.804. The average molecular weight is 272 g/mol. The molecule has 20 heavy (non-hydrogen) atoms. The summed E-state index contributed by atoms with van der Waals surface area (Å²) in [6.07, 6.45) is 0. The Morgan fingerprint density at radius 2 is 1.90 bits per heavy atom. The van der Waals surface area contributed by atoms with E-state index in [1.807, 2.05) is 55.8 Å². The van der Waals surface area contributed by atoms with Crippen LogP contribution in [0.3, 0.4) is 0 Å². The smallest absolute Gasteiger partial charge is 0.315 e. The third-order valence-electron chi connectivity index (χ3n) is 3.79. The fraction of sp³-hybridized carbons (Fsp3) is 0.375. The highest BCUT2D eigenvalue weighted by Gasteiger charge is 2.23. The second kappa shape index (κ2) is 5.90. The Morgan fingerprint density at radius 3 is 2.40 bits per heavy atom. The van der Waals surface area contributed by atoms with Gasteiger partial charge < -0.3 is 4.74 Å². The van der Waals surface area contributed by atoms with Crippen LogP contribution in [0.4, 0.5) is 0 Å². The van der Waals surface area contributed by atoms with Gasteiger partial charge in [-0.25, -0.2) is 0 Å². The first-order valence-corrected chi connectivity index (χ1v) is 6.68. The number of hydrogen-bond acceptors (Lipinski definition) is 3. The number of methoxy groups -OCH3 is 1. The zero-order chi connectivity index (χ0) is 14.7. The molecule has 4 heteroatoms. The van der Waals surface area contributed by atoms with Crippen LogP contribution in [0.5, 0.6) is 0 Å². The molecule has 0 fully saturated rings. The summed E-state index contributed by atoms with van der Waals surface area (Å²) in [4.78, 5) is 12.1. The number of ether oxygens (including phenoxy) is 1. The van der Waals surface area contributed by atoms with Crippen LogP contribution in [0.2, 0.25) is 0 Å². The summed E-state index contributed by atoms with van der Waals surface area (Å²) in [5, 5.41) is 4.50. The summed E-state index contributed by atoms with van der Waals surface area (Å²) >= 11 is 0. The van der Waals surface area contributed by atoms with Crippen molar-refractivity contribution < 1.29 is 9.53 Å². The van der Waals surface area contributed by atoms with Gasteiger partial charge in [0, 0.05) is 5.69 Å². The predicted molar refractivity (Wildman–Crippen MR) is 77.6 cm³/mol. The minimum atomic E-state index is -0.335. The Labute approximate surface area is 119 Å². The highest BCUT2D eigenvalue weighted by Crippen LogP contribution is 2.21. The number of carbonyl (C=O) groups is 1. The third-order valence-corrected chi connectivity index (χ3v) is 3.79. The number of esters is 1. The van der Waals surface area contributed by atoms with Crippen LogP contribution in [0.1, 0.15) is 28.4 Å². The predicted octanol–water partition coefficient (Wildman–Crippen LogP) is 2.77. The minimum Gasteiger partial charge on any atom is -0.468 e. The summed E-state index contributed by atoms with van der Waals surface area (Å²) in [5.41, 5.74) is 4.21. The Bertz CT molecular complexity index is 602. The molecule has 0 N–H and O–H groups in total. The summed E-state index contributed by atoms with van der Waals surface area (Å²) in [5.74, 6) is -0.569. The lowest BCUT2D eigenvalue weighted by Gasteiger charge is -2.16. The van der Waals surface area contributed by atoms with Gasteiger partial charge in [-0.3, -0.25) is 9.48 Å². The van der Waals surface area contributed by atoms with Gasteiger partial charge in [-0.05, 0) is 31.9 Å². The summed E-state index contributed by atoms with van der Waals surface area (Å²) in [6, 6.07) is 9.68. The zero-order valence-corrected chi connectivity index (χ0v) is 12.4. The first kappa shape index (κ1) is 14.3. The number of hydrogen-bond donors (Lipinski definition) is 0. The molecule has 0 amide bonds. The Balaban J connectivity index is 2.34. The number of rotatable bonds is 4. The van der Waals surface area contributed by atoms with Gasteiger partial charge in [-0.15, -0.1) is 0 Å². The van der Waals surface area contributed by atoms with Crippen LogP contribution < -0.4 is 0 Å². The largest absolute Gasteiger partial charge is 0.468 e. The van der Waals surface area contributed by atoms with Crippen molar-refractivity contribution in [1.82, 2.24) is 9.78 Å². The van der Waals surface area contributed by atoms with Crippen LogP contribution in [0.25, 0.3) is 0 Å². The Kier molecular flexibility index (Phi) is 4.23. The highest BCUT2D eigenvalue weighted by atomic mass is 16.5. The van der Waals surface area contributed by atoms with Crippen molar-refractivity contribution in [1.29, 1.82) is 0 Å². The van der Waals surface area contributed by atoms with E-state index in [4.69, 9.17) is 4.74 Å². The Morgan fingerprint density at radius 1 is 1.25 bits per heavy atom. The topological polar surface area (TPSA) is 44.1 Å². The van der Waals surface area contributed by atoms with Gasteiger partial charge in [0.1, 0.15) is 5.92 Å². The molecule has 0 aliphatic rings. The molecule has 1 atom stereocenters. The first-order valence-electron chi connectivity index (χ1n) is 6.68. The second-order valence-corrected chi connectivity index (χ2v) is 4.96. The SMILES string of the molecule is COC(=O)C(Cn1nc(C)c(C)c1C)c1ccccc1. The summed E-state index contributed by atoms with van der Waals surface area (Å²) < 4.78 is 6.82. The van der Waals surface area contributed by atoms with Gasteiger partial charge in [-0.2, -0.15) is 5.10 Å². The fourth-order valence-electron chi connectivity index (χ4n) is 2.28. The fourth-order valence-corrected chi connectivity index (χ4v) is 2.28. The van der Waals surface area contributed by atoms with E-state index in [1.165, 1.54) is 12.7 Å². The molecule has 0 saturated carbocycles. The van der Waals surface area contributed by atoms with Crippen LogP contribution in [-0.2, 0) is 16.1 Å². The molecule has 0 saturated heterocycles. The average Bonchev–Trinajstić information content (AvgIpc) is 2.72. The van der Waals surface area contributed by atoms with Crippen LogP contribution in [0.15, 0.2) is 30.3 Å². The zero-order valence-electron chi connectivity index (χ0n) is 12.4. The second-order valence-electron chi connectivity index (χ2n) is 4.96. The maximum atomic E-state index is 12.1. The molecule has 0 aliphatic carbocycles. The van der Waals surface area contributed by atoms with E-state index in [-0.39, 0.29) is 11.9 Å². The minimum absolute atomic E-state index is 0.235. The Hall–Kier alpha value is -2.10. The number of carbonyl (C=O) groups excluding carboxylic acids is 1. The van der Waals surface area contributed by atoms with E-state index in [1.54, 1.807) is 0 Å². The molecule has 0 spiro atoms. The van der Waals surface area contributed by atoms with Crippen molar-refractivity contribution in [3.8, 4) is 0 Å². The molecule has 0 radical (unpaired) electrons. The normalized spacial score (nSPS) is 12.2. The van der Waals surface area contributed by atoms with Crippen LogP contribution >= 0.6 is 0 Å². The molecule has 2 rings (SSSR count). The lowest BCUT2D eigenvalue weighted by molar-refractivity contribution is -0.142. The van der Waals surface area contributed by atoms with E-state index in [0.717, 1.165) is 17.0 Å². The van der Waals surface area contributed by atoms with Gasteiger partial charge in [-0.1, -0.05) is 30.3 Å². The van der Waals surface area contributed by atoms with Crippen LogP contribution in [-0.4, -0.2) is 22.9 Å². The van der Waals surface area contributed by atoms with Crippen molar-refractivity contribution in [3.63, 3.8) is 0 Å². The number of nitrogens with zero attached hydrogens (tertiary/aromatic N) is 2. The molecular weight excluding hydrogens is 252 g/mol. The van der Waals surface area contributed by atoms with E-state index >= 15 is 0 Å². The van der Waals surface area contributed by atoms with E-state index in [2.05, 4.69) is 5.10 Å². The van der Waals surface area contributed by atoms with E-state index in [9.17, 15) is 4.79 Å². The monoisotopic (exact) mass is 272 g/mol. The van der Waals surface area contributed by atoms with E-state index in [0.29, 0.717) is 6.54 Å². The maximum Gasteiger partial charge on any atom is 0.315 e. The lowest BCUT2D eigenvalue weighted by atomic mass is 9.99. The summed E-state index contributed by atoms with van der Waals surface area (Å²) in [6.45, 7) is 6.55. The molecule has 106 valence electrons. The molecule has 0 bridgehead atoms. The van der Waals surface area contributed by atoms with E-state index < -0.39 is 0 Å². The molecule has 1 aromatic heterocycles. The standard InChI is InChI=1S/C16H20N2O2/c1-11-12(2)17-18(13(11)3)10-15(16(19)20-4)14-8-6-5-7-9-14/h5-9,15H,10H2,1-4H3. The van der Waals surface area contributed by atoms with Crippen molar-refractivity contribution in [2.24, 2.45) is 0 Å². The van der Waals surface area contributed by atoms with Crippen molar-refractivity contribution in [2.45, 2.75) is 33.2 Å². The van der Waals surface area contributed by atoms with Gasteiger partial charge >= 0.3 is 5.97 Å². The number of aryl methyl sites for hydroxylation is 1. The number of aromatic nitrogens is 2. The maximum absolute atomic E-state index is 12.1.